The molecule has 1 aromatic rings. The Bertz CT molecular complexity index is 449. The van der Waals surface area contributed by atoms with Gasteiger partial charge < -0.3 is 9.64 Å². The van der Waals surface area contributed by atoms with Crippen LogP contribution in [0.15, 0.2) is 18.2 Å². The average Bonchev–Trinajstić information content (AvgIpc) is 2.35. The van der Waals surface area contributed by atoms with Gasteiger partial charge >= 0.3 is 5.97 Å². The van der Waals surface area contributed by atoms with Crippen LogP contribution < -0.4 is 4.90 Å². The first kappa shape index (κ1) is 13.0. The molecule has 0 bridgehead atoms. The second-order valence-corrected chi connectivity index (χ2v) is 3.70. The van der Waals surface area contributed by atoms with Gasteiger partial charge in [0.15, 0.2) is 0 Å². The zero-order chi connectivity index (χ0) is 12.8. The number of aryl methyl sites for hydroxylation is 1. The molecule has 4 nitrogen and oxygen atoms in total. The summed E-state index contributed by atoms with van der Waals surface area (Å²) in [5.41, 5.74) is 2.49. The fourth-order valence-corrected chi connectivity index (χ4v) is 1.58. The summed E-state index contributed by atoms with van der Waals surface area (Å²) in [6.45, 7) is 4.78. The van der Waals surface area contributed by atoms with Gasteiger partial charge in [-0.3, -0.25) is 4.79 Å². The molecule has 0 fully saturated rings. The van der Waals surface area contributed by atoms with E-state index in [1.165, 1.54) is 7.11 Å². The first-order valence-electron chi connectivity index (χ1n) is 5.44. The standard InChI is InChI=1S/C13H16N2O2/c1-4-15(9-13(16)17-3)12-6-5-11(8-14)10(2)7-12/h5-7H,4,9H2,1-3H3. The second-order valence-electron chi connectivity index (χ2n) is 3.70. The Balaban J connectivity index is 2.93. The number of likely N-dealkylation sites (N-methyl/N-ethyl adjacent to an activating group) is 1. The van der Waals surface area contributed by atoms with Gasteiger partial charge in [0.2, 0.25) is 0 Å². The molecule has 0 aromatic heterocycles. The highest BCUT2D eigenvalue weighted by atomic mass is 16.5. The van der Waals surface area contributed by atoms with Crippen molar-refractivity contribution < 1.29 is 9.53 Å². The Kier molecular flexibility index (Phi) is 4.53. The average molecular weight is 232 g/mol. The van der Waals surface area contributed by atoms with Crippen molar-refractivity contribution in [2.45, 2.75) is 13.8 Å². The summed E-state index contributed by atoms with van der Waals surface area (Å²) in [4.78, 5) is 13.1. The van der Waals surface area contributed by atoms with E-state index in [1.54, 1.807) is 6.07 Å². The number of hydrogen-bond donors (Lipinski definition) is 0. The molecule has 0 amide bonds. The summed E-state index contributed by atoms with van der Waals surface area (Å²) in [6, 6.07) is 7.64. The second kappa shape index (κ2) is 5.90. The van der Waals surface area contributed by atoms with E-state index in [4.69, 9.17) is 5.26 Å². The van der Waals surface area contributed by atoms with Crippen molar-refractivity contribution >= 4 is 11.7 Å². The quantitative estimate of drug-likeness (QED) is 0.744. The van der Waals surface area contributed by atoms with E-state index in [0.717, 1.165) is 11.3 Å². The molecule has 0 heterocycles. The third-order valence-corrected chi connectivity index (χ3v) is 2.62. The van der Waals surface area contributed by atoms with Crippen molar-refractivity contribution in [2.75, 3.05) is 25.1 Å². The molecule has 0 saturated heterocycles. The highest BCUT2D eigenvalue weighted by molar-refractivity contribution is 5.75. The first-order chi connectivity index (χ1) is 8.12. The lowest BCUT2D eigenvalue weighted by atomic mass is 10.1. The third-order valence-electron chi connectivity index (χ3n) is 2.62. The fourth-order valence-electron chi connectivity index (χ4n) is 1.58. The Labute approximate surface area is 101 Å². The highest BCUT2D eigenvalue weighted by Gasteiger charge is 2.10. The van der Waals surface area contributed by atoms with Crippen LogP contribution in [0, 0.1) is 18.3 Å². The van der Waals surface area contributed by atoms with E-state index in [1.807, 2.05) is 30.9 Å². The van der Waals surface area contributed by atoms with Gasteiger partial charge in [-0.1, -0.05) is 0 Å². The predicted molar refractivity (Wildman–Crippen MR) is 65.8 cm³/mol. The lowest BCUT2D eigenvalue weighted by Gasteiger charge is -2.22. The Morgan fingerprint density at radius 2 is 2.24 bits per heavy atom. The number of rotatable bonds is 4. The zero-order valence-corrected chi connectivity index (χ0v) is 10.4. The van der Waals surface area contributed by atoms with Crippen LogP contribution in [0.3, 0.4) is 0 Å². The highest BCUT2D eigenvalue weighted by Crippen LogP contribution is 2.18. The Hall–Kier alpha value is -2.02. The number of esters is 1. The van der Waals surface area contributed by atoms with Crippen molar-refractivity contribution in [1.29, 1.82) is 5.26 Å². The van der Waals surface area contributed by atoms with Crippen molar-refractivity contribution in [1.82, 2.24) is 0 Å². The number of carbonyl (C=O) groups is 1. The first-order valence-corrected chi connectivity index (χ1v) is 5.44. The van der Waals surface area contributed by atoms with Gasteiger partial charge in [-0.2, -0.15) is 5.26 Å². The summed E-state index contributed by atoms with van der Waals surface area (Å²) >= 11 is 0. The molecule has 0 saturated carbocycles. The largest absolute Gasteiger partial charge is 0.468 e. The van der Waals surface area contributed by atoms with E-state index in [0.29, 0.717) is 12.1 Å². The lowest BCUT2D eigenvalue weighted by molar-refractivity contribution is -0.138. The van der Waals surface area contributed by atoms with E-state index < -0.39 is 0 Å². The van der Waals surface area contributed by atoms with Crippen molar-refractivity contribution in [3.8, 4) is 6.07 Å². The number of nitrogens with zero attached hydrogens (tertiary/aromatic N) is 2. The number of ether oxygens (including phenoxy) is 1. The number of benzene rings is 1. The van der Waals surface area contributed by atoms with Crippen LogP contribution in [0.5, 0.6) is 0 Å². The number of nitriles is 1. The van der Waals surface area contributed by atoms with Gasteiger partial charge in [0.1, 0.15) is 6.54 Å². The van der Waals surface area contributed by atoms with E-state index in [-0.39, 0.29) is 12.5 Å². The maximum Gasteiger partial charge on any atom is 0.325 e. The topological polar surface area (TPSA) is 53.3 Å². The molecule has 0 radical (unpaired) electrons. The molecule has 0 aliphatic rings. The minimum absolute atomic E-state index is 0.221. The number of anilines is 1. The normalized spacial score (nSPS) is 9.53. The molecular formula is C13H16N2O2. The van der Waals surface area contributed by atoms with E-state index >= 15 is 0 Å². The van der Waals surface area contributed by atoms with Crippen LogP contribution in [0.2, 0.25) is 0 Å². The van der Waals surface area contributed by atoms with E-state index in [9.17, 15) is 4.79 Å². The number of methoxy groups -OCH3 is 1. The summed E-state index contributed by atoms with van der Waals surface area (Å²) in [5.74, 6) is -0.270. The fraction of sp³-hybridized carbons (Fsp3) is 0.385. The van der Waals surface area contributed by atoms with Crippen molar-refractivity contribution in [2.24, 2.45) is 0 Å². The lowest BCUT2D eigenvalue weighted by Crippen LogP contribution is -2.30. The summed E-state index contributed by atoms with van der Waals surface area (Å²) < 4.78 is 4.65. The molecule has 1 aromatic carbocycles. The maximum atomic E-state index is 11.2. The van der Waals surface area contributed by atoms with Crippen LogP contribution in [0.25, 0.3) is 0 Å². The molecule has 0 aliphatic carbocycles. The minimum atomic E-state index is -0.270. The zero-order valence-electron chi connectivity index (χ0n) is 10.4. The van der Waals surface area contributed by atoms with Crippen molar-refractivity contribution in [3.63, 3.8) is 0 Å². The molecule has 0 aliphatic heterocycles. The SMILES string of the molecule is CCN(CC(=O)OC)c1ccc(C#N)c(C)c1. The summed E-state index contributed by atoms with van der Waals surface area (Å²) in [6.07, 6.45) is 0. The van der Waals surface area contributed by atoms with Gasteiger partial charge in [-0.25, -0.2) is 0 Å². The van der Waals surface area contributed by atoms with Crippen LogP contribution in [0.1, 0.15) is 18.1 Å². The number of hydrogen-bond acceptors (Lipinski definition) is 4. The van der Waals surface area contributed by atoms with Crippen LogP contribution in [0.4, 0.5) is 5.69 Å². The molecule has 0 atom stereocenters. The predicted octanol–water partition coefficient (Wildman–Crippen LogP) is 1.87. The van der Waals surface area contributed by atoms with Crippen LogP contribution in [-0.2, 0) is 9.53 Å². The molecule has 90 valence electrons. The summed E-state index contributed by atoms with van der Waals surface area (Å²) in [7, 11) is 1.38. The van der Waals surface area contributed by atoms with Gasteiger partial charge in [0, 0.05) is 12.2 Å². The molecule has 17 heavy (non-hydrogen) atoms. The Morgan fingerprint density at radius 3 is 2.71 bits per heavy atom. The smallest absolute Gasteiger partial charge is 0.325 e. The molecule has 0 N–H and O–H groups in total. The summed E-state index contributed by atoms with van der Waals surface area (Å²) in [5, 5.41) is 8.85. The van der Waals surface area contributed by atoms with Gasteiger partial charge in [0.05, 0.1) is 18.7 Å². The number of carbonyl (C=O) groups excluding carboxylic acids is 1. The van der Waals surface area contributed by atoms with Gasteiger partial charge in [-0.05, 0) is 37.6 Å². The Morgan fingerprint density at radius 1 is 1.53 bits per heavy atom. The van der Waals surface area contributed by atoms with Crippen LogP contribution in [-0.4, -0.2) is 26.2 Å². The molecule has 1 rings (SSSR count). The van der Waals surface area contributed by atoms with Crippen LogP contribution >= 0.6 is 0 Å². The van der Waals surface area contributed by atoms with Gasteiger partial charge in [0.25, 0.3) is 0 Å². The molecule has 4 heteroatoms. The van der Waals surface area contributed by atoms with E-state index in [2.05, 4.69) is 10.8 Å². The third kappa shape index (κ3) is 3.22. The molecular weight excluding hydrogens is 216 g/mol. The monoisotopic (exact) mass is 232 g/mol. The van der Waals surface area contributed by atoms with Crippen molar-refractivity contribution in [3.05, 3.63) is 29.3 Å². The minimum Gasteiger partial charge on any atom is -0.468 e. The van der Waals surface area contributed by atoms with Gasteiger partial charge in [-0.15, -0.1) is 0 Å². The molecule has 0 spiro atoms. The molecule has 0 unspecified atom stereocenters. The maximum absolute atomic E-state index is 11.2.